The first kappa shape index (κ1) is 14.7. The molecule has 0 aromatic carbocycles. The lowest BCUT2D eigenvalue weighted by atomic mass is 10.4. The van der Waals surface area contributed by atoms with Crippen LogP contribution in [0.25, 0.3) is 0 Å². The number of hydrogen-bond donors (Lipinski definition) is 3. The number of nitrogens with zero attached hydrogens (tertiary/aromatic N) is 2. The molecule has 0 saturated heterocycles. The first-order valence-corrected chi connectivity index (χ1v) is 6.78. The highest BCUT2D eigenvalue weighted by Crippen LogP contribution is 2.07. The van der Waals surface area contributed by atoms with Gasteiger partial charge in [0.05, 0.1) is 23.3 Å². The Kier molecular flexibility index (Phi) is 4.67. The van der Waals surface area contributed by atoms with E-state index in [0.29, 0.717) is 10.6 Å². The van der Waals surface area contributed by atoms with Crippen LogP contribution in [0.15, 0.2) is 29.9 Å². The molecule has 0 atom stereocenters. The molecule has 0 radical (unpaired) electrons. The van der Waals surface area contributed by atoms with Crippen molar-refractivity contribution >= 4 is 34.8 Å². The first-order chi connectivity index (χ1) is 10.0. The highest BCUT2D eigenvalue weighted by molar-refractivity contribution is 7.12. The van der Waals surface area contributed by atoms with Gasteiger partial charge in [0.2, 0.25) is 5.91 Å². The van der Waals surface area contributed by atoms with Crippen molar-refractivity contribution in [2.45, 2.75) is 6.54 Å². The minimum absolute atomic E-state index is 0.180. The Balaban J connectivity index is 1.80. The van der Waals surface area contributed by atoms with E-state index in [1.54, 1.807) is 17.5 Å². The van der Waals surface area contributed by atoms with Gasteiger partial charge in [-0.2, -0.15) is 5.10 Å². The second-order valence-electron chi connectivity index (χ2n) is 4.03. The van der Waals surface area contributed by atoms with Gasteiger partial charge in [-0.15, -0.1) is 11.3 Å². The number of thiophene rings is 1. The second-order valence-corrected chi connectivity index (χ2v) is 4.98. The summed E-state index contributed by atoms with van der Waals surface area (Å²) < 4.78 is 1.18. The van der Waals surface area contributed by atoms with E-state index in [0.717, 1.165) is 0 Å². The third-order valence-corrected chi connectivity index (χ3v) is 3.24. The maximum Gasteiger partial charge on any atom is 0.325 e. The number of carbonyl (C=O) groups excluding carboxylic acids is 2. The number of nitrogens with one attached hydrogen (secondary N) is 2. The van der Waals surface area contributed by atoms with Crippen LogP contribution in [-0.4, -0.2) is 39.2 Å². The minimum Gasteiger partial charge on any atom is -0.480 e. The molecule has 0 aliphatic rings. The average molecular weight is 308 g/mol. The number of amides is 2. The van der Waals surface area contributed by atoms with E-state index in [1.165, 1.54) is 28.4 Å². The number of carboxylic acids is 1. The van der Waals surface area contributed by atoms with Crippen molar-refractivity contribution in [3.63, 3.8) is 0 Å². The van der Waals surface area contributed by atoms with E-state index >= 15 is 0 Å². The molecule has 2 rings (SSSR count). The molecule has 8 nitrogen and oxygen atoms in total. The highest BCUT2D eigenvalue weighted by Gasteiger charge is 2.10. The summed E-state index contributed by atoms with van der Waals surface area (Å²) in [4.78, 5) is 34.3. The Labute approximate surface area is 123 Å². The summed E-state index contributed by atoms with van der Waals surface area (Å²) in [6.07, 6.45) is 2.73. The van der Waals surface area contributed by atoms with Gasteiger partial charge < -0.3 is 15.7 Å². The van der Waals surface area contributed by atoms with Crippen molar-refractivity contribution in [3.05, 3.63) is 34.8 Å². The Morgan fingerprint density at radius 3 is 2.86 bits per heavy atom. The fourth-order valence-electron chi connectivity index (χ4n) is 1.51. The predicted octanol–water partition coefficient (Wildman–Crippen LogP) is 0.398. The van der Waals surface area contributed by atoms with Gasteiger partial charge in [0.15, 0.2) is 0 Å². The molecular formula is C12H12N4O4S. The Morgan fingerprint density at radius 2 is 2.19 bits per heavy atom. The zero-order chi connectivity index (χ0) is 15.2. The summed E-state index contributed by atoms with van der Waals surface area (Å²) in [5.41, 5.74) is 0.367. The number of carboxylic acid groups (broad SMARTS) is 1. The summed E-state index contributed by atoms with van der Waals surface area (Å²) in [7, 11) is 0. The van der Waals surface area contributed by atoms with E-state index in [-0.39, 0.29) is 19.0 Å². The zero-order valence-corrected chi connectivity index (χ0v) is 11.6. The molecule has 0 spiro atoms. The van der Waals surface area contributed by atoms with Crippen LogP contribution in [0.5, 0.6) is 0 Å². The van der Waals surface area contributed by atoms with Crippen LogP contribution >= 0.6 is 11.3 Å². The molecule has 2 aromatic rings. The van der Waals surface area contributed by atoms with E-state index < -0.39 is 11.9 Å². The molecule has 0 aliphatic heterocycles. The molecule has 2 heterocycles. The maximum atomic E-state index is 11.6. The molecule has 0 bridgehead atoms. The molecule has 0 saturated carbocycles. The van der Waals surface area contributed by atoms with E-state index in [4.69, 9.17) is 5.11 Å². The highest BCUT2D eigenvalue weighted by atomic mass is 32.1. The summed E-state index contributed by atoms with van der Waals surface area (Å²) in [6, 6.07) is 3.41. The summed E-state index contributed by atoms with van der Waals surface area (Å²) in [6.45, 7) is -0.466. The topological polar surface area (TPSA) is 113 Å². The minimum atomic E-state index is -1.03. The second kappa shape index (κ2) is 6.66. The quantitative estimate of drug-likeness (QED) is 0.715. The van der Waals surface area contributed by atoms with Crippen molar-refractivity contribution < 1.29 is 19.5 Å². The van der Waals surface area contributed by atoms with Gasteiger partial charge in [0.1, 0.15) is 6.54 Å². The monoisotopic (exact) mass is 308 g/mol. The number of hydrogen-bond acceptors (Lipinski definition) is 5. The van der Waals surface area contributed by atoms with E-state index in [9.17, 15) is 14.4 Å². The number of aliphatic carboxylic acids is 1. The van der Waals surface area contributed by atoms with Crippen LogP contribution in [0, 0.1) is 0 Å². The summed E-state index contributed by atoms with van der Waals surface area (Å²) >= 11 is 1.28. The predicted molar refractivity (Wildman–Crippen MR) is 75.1 cm³/mol. The van der Waals surface area contributed by atoms with Crippen LogP contribution in [0.4, 0.5) is 5.69 Å². The standard InChI is InChI=1S/C12H12N4O4S/c17-10(5-13-12(20)9-2-1-3-21-9)15-8-4-14-16(6-8)7-11(18)19/h1-4,6H,5,7H2,(H,13,20)(H,15,17)(H,18,19). The molecule has 0 unspecified atom stereocenters. The van der Waals surface area contributed by atoms with Gasteiger partial charge in [-0.05, 0) is 11.4 Å². The molecular weight excluding hydrogens is 296 g/mol. The van der Waals surface area contributed by atoms with Crippen LogP contribution < -0.4 is 10.6 Å². The number of anilines is 1. The lowest BCUT2D eigenvalue weighted by Crippen LogP contribution is -2.32. The molecule has 110 valence electrons. The molecule has 0 aliphatic carbocycles. The maximum absolute atomic E-state index is 11.6. The van der Waals surface area contributed by atoms with Gasteiger partial charge in [0, 0.05) is 6.20 Å². The van der Waals surface area contributed by atoms with Gasteiger partial charge in [-0.3, -0.25) is 19.1 Å². The first-order valence-electron chi connectivity index (χ1n) is 5.90. The Bertz CT molecular complexity index is 650. The van der Waals surface area contributed by atoms with Gasteiger partial charge in [0.25, 0.3) is 5.91 Å². The van der Waals surface area contributed by atoms with Gasteiger partial charge >= 0.3 is 5.97 Å². The molecule has 2 aromatic heterocycles. The Morgan fingerprint density at radius 1 is 1.38 bits per heavy atom. The summed E-state index contributed by atoms with van der Waals surface area (Å²) in [5.74, 6) is -1.77. The van der Waals surface area contributed by atoms with Crippen LogP contribution in [0.2, 0.25) is 0 Å². The van der Waals surface area contributed by atoms with Crippen molar-refractivity contribution in [2.75, 3.05) is 11.9 Å². The third-order valence-electron chi connectivity index (χ3n) is 2.37. The van der Waals surface area contributed by atoms with E-state index in [1.807, 2.05) is 0 Å². The lowest BCUT2D eigenvalue weighted by Gasteiger charge is -2.04. The lowest BCUT2D eigenvalue weighted by molar-refractivity contribution is -0.137. The fraction of sp³-hybridized carbons (Fsp3) is 0.167. The number of carbonyl (C=O) groups is 3. The van der Waals surface area contributed by atoms with Gasteiger partial charge in [-0.25, -0.2) is 0 Å². The van der Waals surface area contributed by atoms with Crippen molar-refractivity contribution in [1.29, 1.82) is 0 Å². The van der Waals surface area contributed by atoms with Crippen LogP contribution in [0.3, 0.4) is 0 Å². The van der Waals surface area contributed by atoms with Crippen molar-refractivity contribution in [2.24, 2.45) is 0 Å². The largest absolute Gasteiger partial charge is 0.480 e. The Hall–Kier alpha value is -2.68. The molecule has 9 heteroatoms. The van der Waals surface area contributed by atoms with Gasteiger partial charge in [-0.1, -0.05) is 6.07 Å². The summed E-state index contributed by atoms with van der Waals surface area (Å²) in [5, 5.41) is 19.1. The number of aromatic nitrogens is 2. The SMILES string of the molecule is O=C(O)Cn1cc(NC(=O)CNC(=O)c2cccs2)cn1. The van der Waals surface area contributed by atoms with Crippen LogP contribution in [0.1, 0.15) is 9.67 Å². The zero-order valence-electron chi connectivity index (χ0n) is 10.8. The average Bonchev–Trinajstić information content (AvgIpc) is 3.07. The van der Waals surface area contributed by atoms with E-state index in [2.05, 4.69) is 15.7 Å². The van der Waals surface area contributed by atoms with Crippen LogP contribution in [-0.2, 0) is 16.1 Å². The molecule has 21 heavy (non-hydrogen) atoms. The van der Waals surface area contributed by atoms with Crippen molar-refractivity contribution in [1.82, 2.24) is 15.1 Å². The molecule has 0 fully saturated rings. The third kappa shape index (κ3) is 4.42. The smallest absolute Gasteiger partial charge is 0.325 e. The molecule has 2 amide bonds. The number of rotatable bonds is 6. The van der Waals surface area contributed by atoms with Crippen molar-refractivity contribution in [3.8, 4) is 0 Å². The fourth-order valence-corrected chi connectivity index (χ4v) is 2.15. The normalized spacial score (nSPS) is 10.1. The molecule has 3 N–H and O–H groups in total.